The number of aromatic nitrogens is 1. The van der Waals surface area contributed by atoms with Gasteiger partial charge in [0, 0.05) is 49.9 Å². The van der Waals surface area contributed by atoms with Gasteiger partial charge in [-0.25, -0.2) is 0 Å². The van der Waals surface area contributed by atoms with Crippen LogP contribution in [0.4, 0.5) is 17.1 Å². The summed E-state index contributed by atoms with van der Waals surface area (Å²) in [6.45, 7) is 4.40. The van der Waals surface area contributed by atoms with Crippen molar-refractivity contribution in [1.82, 2.24) is 4.57 Å². The molecule has 0 saturated carbocycles. The highest BCUT2D eigenvalue weighted by Gasteiger charge is 2.23. The van der Waals surface area contributed by atoms with E-state index in [0.29, 0.717) is 0 Å². The number of fused-ring (bicyclic) bond motifs is 6. The summed E-state index contributed by atoms with van der Waals surface area (Å²) in [7, 11) is 0. The molecule has 2 heterocycles. The van der Waals surface area contributed by atoms with E-state index in [4.69, 9.17) is 4.42 Å². The van der Waals surface area contributed by atoms with Crippen LogP contribution in [-0.4, -0.2) is 4.57 Å². The van der Waals surface area contributed by atoms with Crippen LogP contribution >= 0.6 is 0 Å². The zero-order valence-electron chi connectivity index (χ0n) is 32.9. The molecule has 59 heavy (non-hydrogen) atoms. The van der Waals surface area contributed by atoms with E-state index in [1.54, 1.807) is 0 Å². The van der Waals surface area contributed by atoms with Crippen molar-refractivity contribution in [3.05, 3.63) is 217 Å². The molecule has 0 N–H and O–H groups in total. The van der Waals surface area contributed by atoms with Gasteiger partial charge in [0.25, 0.3) is 0 Å². The highest BCUT2D eigenvalue weighted by Crippen LogP contribution is 2.47. The molecule has 2 aromatic heterocycles. The molecular formula is C56H40N2O. The lowest BCUT2D eigenvalue weighted by atomic mass is 9.91. The normalized spacial score (nSPS) is 11.6. The molecule has 0 amide bonds. The summed E-state index contributed by atoms with van der Waals surface area (Å²) in [5.74, 6) is 0. The number of benzene rings is 9. The number of furan rings is 1. The van der Waals surface area contributed by atoms with Crippen molar-refractivity contribution in [2.24, 2.45) is 0 Å². The van der Waals surface area contributed by atoms with Gasteiger partial charge in [-0.1, -0.05) is 140 Å². The van der Waals surface area contributed by atoms with E-state index in [1.807, 2.05) is 6.07 Å². The standard InChI is InChI=1S/C56H40N2O/c1-37-16-15-21-43(32-37)57(54-36-49(40-19-7-4-8-20-40)48(33-38(54)2)39-17-5-3-6-18-39)44-34-50(56-51(35-44)47-24-11-14-27-55(47)59-56)41-28-30-42(31-29-41)58-52-25-12-9-22-45(52)46-23-10-13-26-53(46)58/h3-36H,1-2H3. The molecule has 0 aliphatic carbocycles. The monoisotopic (exact) mass is 756 g/mol. The fourth-order valence-electron chi connectivity index (χ4n) is 8.99. The second-order valence-electron chi connectivity index (χ2n) is 15.5. The number of hydrogen-bond donors (Lipinski definition) is 0. The maximum Gasteiger partial charge on any atom is 0.143 e. The van der Waals surface area contributed by atoms with Crippen molar-refractivity contribution in [2.75, 3.05) is 4.90 Å². The van der Waals surface area contributed by atoms with Crippen LogP contribution in [0.3, 0.4) is 0 Å². The summed E-state index contributed by atoms with van der Waals surface area (Å²) in [5.41, 5.74) is 17.8. The third-order valence-corrected chi connectivity index (χ3v) is 11.7. The van der Waals surface area contributed by atoms with Gasteiger partial charge < -0.3 is 13.9 Å². The SMILES string of the molecule is Cc1cccc(N(c2cc(-c3ccc(-n4c5ccccc5c5ccccc54)cc3)c3oc4ccccc4c3c2)c2cc(-c3ccccc3)c(-c3ccccc3)cc2C)c1. The van der Waals surface area contributed by atoms with E-state index in [1.165, 1.54) is 55.2 Å². The number of rotatable bonds is 7. The second kappa shape index (κ2) is 14.1. The summed E-state index contributed by atoms with van der Waals surface area (Å²) < 4.78 is 9.13. The van der Waals surface area contributed by atoms with Gasteiger partial charge in [-0.3, -0.25) is 0 Å². The molecule has 3 heteroatoms. The molecule has 0 aliphatic rings. The molecule has 0 aliphatic heterocycles. The molecule has 0 unspecified atom stereocenters. The van der Waals surface area contributed by atoms with Crippen LogP contribution in [-0.2, 0) is 0 Å². The van der Waals surface area contributed by atoms with Crippen LogP contribution in [0.2, 0.25) is 0 Å². The first-order valence-electron chi connectivity index (χ1n) is 20.3. The van der Waals surface area contributed by atoms with E-state index in [-0.39, 0.29) is 0 Å². The van der Waals surface area contributed by atoms with Gasteiger partial charge in [0.1, 0.15) is 11.2 Å². The molecule has 0 radical (unpaired) electrons. The Bertz CT molecular complexity index is 3280. The van der Waals surface area contributed by atoms with E-state index in [0.717, 1.165) is 55.8 Å². The third-order valence-electron chi connectivity index (χ3n) is 11.7. The van der Waals surface area contributed by atoms with Crippen LogP contribution < -0.4 is 4.90 Å². The minimum atomic E-state index is 0.875. The molecule has 0 atom stereocenters. The van der Waals surface area contributed by atoms with Gasteiger partial charge >= 0.3 is 0 Å². The number of aryl methyl sites for hydroxylation is 2. The molecule has 3 nitrogen and oxygen atoms in total. The molecule has 0 bridgehead atoms. The molecule has 0 spiro atoms. The largest absolute Gasteiger partial charge is 0.455 e. The first kappa shape index (κ1) is 34.6. The minimum Gasteiger partial charge on any atom is -0.455 e. The average molecular weight is 757 g/mol. The van der Waals surface area contributed by atoms with Gasteiger partial charge in [0.05, 0.1) is 11.0 Å². The van der Waals surface area contributed by atoms with Gasteiger partial charge in [0.2, 0.25) is 0 Å². The Balaban J connectivity index is 1.14. The lowest BCUT2D eigenvalue weighted by molar-refractivity contribution is 0.670. The van der Waals surface area contributed by atoms with Crippen molar-refractivity contribution in [1.29, 1.82) is 0 Å². The zero-order valence-corrected chi connectivity index (χ0v) is 32.9. The Morgan fingerprint density at radius 3 is 1.64 bits per heavy atom. The molecule has 9 aromatic carbocycles. The smallest absolute Gasteiger partial charge is 0.143 e. The highest BCUT2D eigenvalue weighted by molar-refractivity contribution is 6.12. The third kappa shape index (κ3) is 5.90. The lowest BCUT2D eigenvalue weighted by Gasteiger charge is -2.29. The molecule has 11 aromatic rings. The van der Waals surface area contributed by atoms with Gasteiger partial charge in [-0.2, -0.15) is 0 Å². The molecule has 0 fully saturated rings. The molecule has 0 saturated heterocycles. The quantitative estimate of drug-likeness (QED) is 0.161. The number of para-hydroxylation sites is 3. The fraction of sp³-hybridized carbons (Fsp3) is 0.0357. The first-order chi connectivity index (χ1) is 29.1. The highest BCUT2D eigenvalue weighted by atomic mass is 16.3. The van der Waals surface area contributed by atoms with Crippen molar-refractivity contribution in [3.8, 4) is 39.1 Å². The van der Waals surface area contributed by atoms with E-state index >= 15 is 0 Å². The van der Waals surface area contributed by atoms with Crippen LogP contribution in [0.5, 0.6) is 0 Å². The van der Waals surface area contributed by atoms with Crippen LogP contribution in [0.25, 0.3) is 82.8 Å². The van der Waals surface area contributed by atoms with Crippen LogP contribution in [0, 0.1) is 13.8 Å². The summed E-state index contributed by atoms with van der Waals surface area (Å²) in [6, 6.07) is 74.4. The van der Waals surface area contributed by atoms with Crippen LogP contribution in [0.15, 0.2) is 211 Å². The number of anilines is 3. The lowest BCUT2D eigenvalue weighted by Crippen LogP contribution is -2.12. The Kier molecular flexibility index (Phi) is 8.27. The van der Waals surface area contributed by atoms with Crippen molar-refractivity contribution in [3.63, 3.8) is 0 Å². The van der Waals surface area contributed by atoms with Crippen LogP contribution in [0.1, 0.15) is 11.1 Å². The van der Waals surface area contributed by atoms with E-state index < -0.39 is 0 Å². The zero-order chi connectivity index (χ0) is 39.5. The van der Waals surface area contributed by atoms with Gasteiger partial charge in [-0.05, 0) is 120 Å². The minimum absolute atomic E-state index is 0.875. The maximum atomic E-state index is 6.76. The predicted molar refractivity (Wildman–Crippen MR) is 249 cm³/mol. The Morgan fingerprint density at radius 1 is 0.407 bits per heavy atom. The Labute approximate surface area is 343 Å². The summed E-state index contributed by atoms with van der Waals surface area (Å²) >= 11 is 0. The number of nitrogens with zero attached hydrogens (tertiary/aromatic N) is 2. The van der Waals surface area contributed by atoms with Gasteiger partial charge in [-0.15, -0.1) is 0 Å². The molecule has 280 valence electrons. The number of hydrogen-bond acceptors (Lipinski definition) is 2. The molecular weight excluding hydrogens is 717 g/mol. The Hall–Kier alpha value is -7.62. The predicted octanol–water partition coefficient (Wildman–Crippen LogP) is 15.8. The van der Waals surface area contributed by atoms with Crippen molar-refractivity contribution in [2.45, 2.75) is 13.8 Å². The Morgan fingerprint density at radius 2 is 0.983 bits per heavy atom. The van der Waals surface area contributed by atoms with Crippen molar-refractivity contribution < 1.29 is 4.42 Å². The van der Waals surface area contributed by atoms with Crippen molar-refractivity contribution >= 4 is 60.8 Å². The fourth-order valence-corrected chi connectivity index (χ4v) is 8.99. The van der Waals surface area contributed by atoms with Gasteiger partial charge in [0.15, 0.2) is 0 Å². The first-order valence-corrected chi connectivity index (χ1v) is 20.3. The molecule has 11 rings (SSSR count). The summed E-state index contributed by atoms with van der Waals surface area (Å²) in [4.78, 5) is 2.43. The maximum absolute atomic E-state index is 6.76. The van der Waals surface area contributed by atoms with E-state index in [2.05, 4.69) is 224 Å². The summed E-state index contributed by atoms with van der Waals surface area (Å²) in [5, 5.41) is 4.68. The second-order valence-corrected chi connectivity index (χ2v) is 15.5. The summed E-state index contributed by atoms with van der Waals surface area (Å²) in [6.07, 6.45) is 0. The average Bonchev–Trinajstić information content (AvgIpc) is 3.83. The topological polar surface area (TPSA) is 21.3 Å². The van der Waals surface area contributed by atoms with E-state index in [9.17, 15) is 0 Å².